The third-order valence-corrected chi connectivity index (χ3v) is 21.7. The third kappa shape index (κ3) is 10.3. The number of pyridine rings is 3. The number of hydrogen-bond acceptors (Lipinski definition) is 3. The van der Waals surface area contributed by atoms with Gasteiger partial charge in [-0.2, -0.15) is 0 Å². The highest BCUT2D eigenvalue weighted by molar-refractivity contribution is 7.27. The van der Waals surface area contributed by atoms with Crippen LogP contribution in [0.1, 0.15) is 80.2 Å². The minimum absolute atomic E-state index is 0.373. The summed E-state index contributed by atoms with van der Waals surface area (Å²) in [5.74, 6) is -0.449. The first-order valence-electron chi connectivity index (χ1n) is 30.4. The molecule has 0 aliphatic heterocycles. The Balaban J connectivity index is 0.000000116. The topological polar surface area (TPSA) is 11.6 Å². The van der Waals surface area contributed by atoms with E-state index in [4.69, 9.17) is 0 Å². The van der Waals surface area contributed by atoms with E-state index >= 15 is 0 Å². The Bertz CT molecular complexity index is 5220. The van der Waals surface area contributed by atoms with Crippen LogP contribution in [-0.2, 0) is 21.1 Å². The summed E-state index contributed by atoms with van der Waals surface area (Å²) in [5, 5.41) is 15.9. The first kappa shape index (κ1) is 53.6. The quantitative estimate of drug-likeness (QED) is 0.156. The van der Waals surface area contributed by atoms with E-state index in [1.54, 1.807) is 0 Å². The molecule has 0 spiro atoms. The molecule has 16 rings (SSSR count). The van der Waals surface area contributed by atoms with E-state index in [-0.39, 0.29) is 0 Å². The van der Waals surface area contributed by atoms with E-state index in [0.29, 0.717) is 5.41 Å². The van der Waals surface area contributed by atoms with E-state index < -0.39 is 5.89 Å². The molecule has 1 fully saturated rings. The Hall–Kier alpha value is -8.13. The summed E-state index contributed by atoms with van der Waals surface area (Å²) in [4.78, 5) is 0. The van der Waals surface area contributed by atoms with Gasteiger partial charge in [-0.3, -0.25) is 0 Å². The van der Waals surface area contributed by atoms with Crippen molar-refractivity contribution in [2.45, 2.75) is 80.0 Å². The van der Waals surface area contributed by atoms with Crippen molar-refractivity contribution in [2.24, 2.45) is 26.6 Å². The molecule has 9 aromatic carbocycles. The summed E-state index contributed by atoms with van der Waals surface area (Å²) in [6.07, 6.45) is 11.0. The van der Waals surface area contributed by atoms with Crippen LogP contribution in [0.15, 0.2) is 201 Å². The highest BCUT2D eigenvalue weighted by atomic mass is 32.1. The lowest BCUT2D eigenvalue weighted by Gasteiger charge is -2.34. The van der Waals surface area contributed by atoms with E-state index in [1.807, 2.05) is 34.0 Å². The molecule has 0 bridgehead atoms. The summed E-state index contributed by atoms with van der Waals surface area (Å²) in [6, 6.07) is 67.0. The number of rotatable bonds is 4. The fourth-order valence-corrected chi connectivity index (χ4v) is 16.8. The van der Waals surface area contributed by atoms with Gasteiger partial charge in [0.2, 0.25) is 17.1 Å². The molecule has 0 unspecified atom stereocenters. The summed E-state index contributed by atoms with van der Waals surface area (Å²) in [7, 11) is 6.45. The molecule has 6 aromatic heterocycles. The Morgan fingerprint density at radius 1 is 0.376 bits per heavy atom. The van der Waals surface area contributed by atoms with Crippen molar-refractivity contribution >= 4 is 127 Å². The number of aromatic nitrogens is 3. The summed E-state index contributed by atoms with van der Waals surface area (Å²) in [6.45, 7) is 15.6. The van der Waals surface area contributed by atoms with Gasteiger partial charge < -0.3 is 0 Å². The number of benzene rings is 9. The van der Waals surface area contributed by atoms with Crippen molar-refractivity contribution in [1.29, 1.82) is 0 Å². The average molecular weight is 1160 g/mol. The van der Waals surface area contributed by atoms with Crippen LogP contribution in [-0.4, -0.2) is 0 Å². The predicted molar refractivity (Wildman–Crippen MR) is 369 cm³/mol. The molecule has 1 aliphatic carbocycles. The molecule has 418 valence electrons. The van der Waals surface area contributed by atoms with Gasteiger partial charge in [0, 0.05) is 80.6 Å². The summed E-state index contributed by atoms with van der Waals surface area (Å²) >= 11 is 5.68. The van der Waals surface area contributed by atoms with Crippen molar-refractivity contribution in [3.05, 3.63) is 234 Å². The Morgan fingerprint density at radius 3 is 1.40 bits per heavy atom. The van der Waals surface area contributed by atoms with Crippen LogP contribution in [0, 0.1) is 40.0 Å². The maximum atomic E-state index is 9.21. The van der Waals surface area contributed by atoms with Crippen molar-refractivity contribution in [3.63, 3.8) is 0 Å². The maximum Gasteiger partial charge on any atom is 0.213 e. The Morgan fingerprint density at radius 2 is 0.824 bits per heavy atom. The molecule has 1 aliphatic rings. The van der Waals surface area contributed by atoms with Gasteiger partial charge in [0.05, 0.1) is 16.2 Å². The normalized spacial score (nSPS) is 14.2. The van der Waals surface area contributed by atoms with Crippen LogP contribution in [0.2, 0.25) is 0 Å². The van der Waals surface area contributed by atoms with Crippen LogP contribution in [0.5, 0.6) is 0 Å². The smallest absolute Gasteiger partial charge is 0.200 e. The molecule has 3 nitrogen and oxygen atoms in total. The highest BCUT2D eigenvalue weighted by Crippen LogP contribution is 2.45. The molecule has 6 heterocycles. The fourth-order valence-electron chi connectivity index (χ4n) is 13.3. The van der Waals surface area contributed by atoms with Crippen molar-refractivity contribution in [3.8, 4) is 33.8 Å². The lowest BCUT2D eigenvalue weighted by atomic mass is 9.71. The number of hydrogen-bond donors (Lipinski definition) is 0. The highest BCUT2D eigenvalue weighted by Gasteiger charge is 2.28. The van der Waals surface area contributed by atoms with Crippen LogP contribution in [0.4, 0.5) is 0 Å². The third-order valence-electron chi connectivity index (χ3n) is 18.3. The van der Waals surface area contributed by atoms with E-state index in [0.717, 1.165) is 25.7 Å². The van der Waals surface area contributed by atoms with Gasteiger partial charge in [0.15, 0.2) is 18.6 Å². The fraction of sp³-hybridized carbons (Fsp3) is 0.203. The van der Waals surface area contributed by atoms with Gasteiger partial charge in [0.1, 0.15) is 21.1 Å². The monoisotopic (exact) mass is 1160 g/mol. The summed E-state index contributed by atoms with van der Waals surface area (Å²) < 4.78 is 24.1. The molecule has 0 radical (unpaired) electrons. The van der Waals surface area contributed by atoms with Crippen molar-refractivity contribution in [1.82, 2.24) is 0 Å². The molecule has 1 saturated carbocycles. The zero-order chi connectivity index (χ0) is 59.3. The van der Waals surface area contributed by atoms with Crippen molar-refractivity contribution < 1.29 is 15.1 Å². The first-order valence-corrected chi connectivity index (χ1v) is 32.4. The second kappa shape index (κ2) is 21.7. The van der Waals surface area contributed by atoms with Crippen LogP contribution in [0.25, 0.3) is 127 Å². The second-order valence-electron chi connectivity index (χ2n) is 24.9. The van der Waals surface area contributed by atoms with Crippen LogP contribution < -0.4 is 13.7 Å². The number of thiophene rings is 3. The van der Waals surface area contributed by atoms with Gasteiger partial charge in [-0.15, -0.1) is 34.0 Å². The van der Waals surface area contributed by atoms with Gasteiger partial charge in [0.25, 0.3) is 0 Å². The Labute approximate surface area is 512 Å². The second-order valence-corrected chi connectivity index (χ2v) is 28.2. The molecular weight excluding hydrogens is 1090 g/mol. The lowest BCUT2D eigenvalue weighted by molar-refractivity contribution is -0.659. The van der Waals surface area contributed by atoms with Crippen LogP contribution in [0.3, 0.4) is 0 Å². The molecule has 0 atom stereocenters. The number of fused-ring (bicyclic) bond motifs is 13. The summed E-state index contributed by atoms with van der Waals surface area (Å²) in [5.41, 5.74) is 15.8. The van der Waals surface area contributed by atoms with Crippen LogP contribution >= 0.6 is 34.0 Å². The molecule has 6 heteroatoms. The van der Waals surface area contributed by atoms with E-state index in [2.05, 4.69) is 284 Å². The standard InChI is InChI=1S/C31H32NS.C25H22NS.C23H18NS/c1-20-7-5-6-8-24(20)28-18-29-27(19-32(28)4)26-12-10-23-17-22(9-11-25(23)30(26)33-29)21-13-15-31(2,3)16-14-21;1-15-6-8-20(17(3)9-15)23-13-25-22(14-26(23)4)21-11-18-7-5-16(2)10-19(18)12-24(21)27-25;1-15-7-3-6-10-18(15)21-13-23-20(14-24(21)2)19-11-16-8-4-5-9-17(16)12-22(19)25-23/h5-12,17-19,21H,13-16H2,1-4H3;5-14H,1-4H3;3-14H,1-2H3/q3*+1/i21D;;. The zero-order valence-electron chi connectivity index (χ0n) is 51.4. The minimum Gasteiger partial charge on any atom is -0.200 e. The molecule has 0 amide bonds. The molecular formula is C79H72N3S3+3. The molecule has 0 saturated heterocycles. The van der Waals surface area contributed by atoms with E-state index in [1.165, 1.54) is 160 Å². The van der Waals surface area contributed by atoms with E-state index in [9.17, 15) is 1.37 Å². The molecule has 0 N–H and O–H groups in total. The molecule has 85 heavy (non-hydrogen) atoms. The number of aryl methyl sites for hydroxylation is 8. The Kier molecular flexibility index (Phi) is 13.7. The average Bonchev–Trinajstić information content (AvgIpc) is 2.32. The van der Waals surface area contributed by atoms with Gasteiger partial charge in [-0.25, -0.2) is 13.7 Å². The minimum atomic E-state index is -0.449. The zero-order valence-corrected chi connectivity index (χ0v) is 52.9. The number of nitrogens with zero attached hydrogens (tertiary/aromatic N) is 3. The largest absolute Gasteiger partial charge is 0.213 e. The first-order chi connectivity index (χ1) is 41.4. The van der Waals surface area contributed by atoms with Crippen molar-refractivity contribution in [2.75, 3.05) is 0 Å². The van der Waals surface area contributed by atoms with Gasteiger partial charge in [-0.1, -0.05) is 146 Å². The van der Waals surface area contributed by atoms with Gasteiger partial charge >= 0.3 is 0 Å². The SMILES string of the molecule is Cc1ccc(-c2cc3sc4cc5cc(C)ccc5cc4c3c[n+]2C)c(C)c1.Cc1ccccc1-c1cc2sc3cc4ccccc4cc3c2c[n+]1C.[2H]C1(c2ccc3c(ccc4c5c[n+](C)c(-c6ccccc6C)cc5sc34)c2)CCC(C)(C)CC1. The predicted octanol–water partition coefficient (Wildman–Crippen LogP) is 21.3. The van der Waals surface area contributed by atoms with Gasteiger partial charge in [-0.05, 0) is 169 Å². The lowest BCUT2D eigenvalue weighted by Crippen LogP contribution is -2.30. The molecule has 15 aromatic rings. The maximum absolute atomic E-state index is 9.21.